The van der Waals surface area contributed by atoms with Gasteiger partial charge in [-0.3, -0.25) is 4.79 Å². The van der Waals surface area contributed by atoms with E-state index in [-0.39, 0.29) is 46.1 Å². The van der Waals surface area contributed by atoms with Crippen molar-refractivity contribution in [2.75, 3.05) is 11.1 Å². The van der Waals surface area contributed by atoms with Crippen molar-refractivity contribution in [2.45, 2.75) is 6.92 Å². The molecular formula is C11H15N2NaO5. The summed E-state index contributed by atoms with van der Waals surface area (Å²) in [6, 6.07) is 6.50. The third-order valence-corrected chi connectivity index (χ3v) is 1.85. The van der Waals surface area contributed by atoms with Gasteiger partial charge >= 0.3 is 29.6 Å². The standard InChI is InChI=1S/C11H12N2O3.Na.2H2O/c1-7(11(15)16)6-10(14)13-9-4-2-8(12)3-5-9;;;/h2-6H,12H2,1H3,(H,13,14)(H,15,16);;2*1H2/q;+1;;/p-1/b7-6-;;;. The minimum Gasteiger partial charge on any atom is -0.545 e. The zero-order valence-electron chi connectivity index (χ0n) is 10.7. The van der Waals surface area contributed by atoms with E-state index >= 15 is 0 Å². The molecule has 7 N–H and O–H groups in total. The van der Waals surface area contributed by atoms with Crippen molar-refractivity contribution < 1.29 is 55.2 Å². The summed E-state index contributed by atoms with van der Waals surface area (Å²) in [6.07, 6.45) is 0.964. The minimum atomic E-state index is -1.37. The van der Waals surface area contributed by atoms with Crippen LogP contribution in [0.25, 0.3) is 0 Å². The first-order valence-corrected chi connectivity index (χ1v) is 4.55. The molecule has 100 valence electrons. The number of carboxylic acids is 1. The van der Waals surface area contributed by atoms with Gasteiger partial charge in [-0.15, -0.1) is 0 Å². The summed E-state index contributed by atoms with van der Waals surface area (Å²) in [6.45, 7) is 1.29. The second kappa shape index (κ2) is 10.5. The van der Waals surface area contributed by atoms with Crippen LogP contribution >= 0.6 is 0 Å². The van der Waals surface area contributed by atoms with Crippen LogP contribution in [-0.4, -0.2) is 22.8 Å². The summed E-state index contributed by atoms with van der Waals surface area (Å²) in [5, 5.41) is 12.8. The van der Waals surface area contributed by atoms with Gasteiger partial charge in [0.25, 0.3) is 0 Å². The van der Waals surface area contributed by atoms with Crippen LogP contribution in [0, 0.1) is 0 Å². The molecule has 0 saturated heterocycles. The van der Waals surface area contributed by atoms with E-state index < -0.39 is 11.9 Å². The zero-order valence-corrected chi connectivity index (χ0v) is 12.7. The Labute approximate surface area is 132 Å². The number of nitrogen functional groups attached to an aromatic ring is 1. The van der Waals surface area contributed by atoms with Crippen molar-refractivity contribution in [3.8, 4) is 0 Å². The predicted octanol–water partition coefficient (Wildman–Crippen LogP) is -4.74. The van der Waals surface area contributed by atoms with Crippen molar-refractivity contribution in [3.05, 3.63) is 35.9 Å². The van der Waals surface area contributed by atoms with Crippen LogP contribution in [-0.2, 0) is 9.59 Å². The number of rotatable bonds is 3. The number of hydrogen-bond acceptors (Lipinski definition) is 4. The Hall–Kier alpha value is -1.38. The Morgan fingerprint density at radius 3 is 2.11 bits per heavy atom. The number of hydrogen-bond donors (Lipinski definition) is 2. The van der Waals surface area contributed by atoms with Gasteiger partial charge in [-0.25, -0.2) is 0 Å². The molecule has 1 aromatic rings. The molecule has 0 unspecified atom stereocenters. The van der Waals surface area contributed by atoms with E-state index in [1.165, 1.54) is 6.92 Å². The van der Waals surface area contributed by atoms with E-state index in [9.17, 15) is 14.7 Å². The van der Waals surface area contributed by atoms with Crippen molar-refractivity contribution in [1.29, 1.82) is 0 Å². The molecule has 7 nitrogen and oxygen atoms in total. The van der Waals surface area contributed by atoms with Gasteiger partial charge in [-0.2, -0.15) is 0 Å². The number of carbonyl (C=O) groups is 2. The van der Waals surface area contributed by atoms with Crippen LogP contribution < -0.4 is 45.7 Å². The Morgan fingerprint density at radius 2 is 1.68 bits per heavy atom. The van der Waals surface area contributed by atoms with Crippen molar-refractivity contribution in [1.82, 2.24) is 0 Å². The van der Waals surface area contributed by atoms with Gasteiger partial charge in [0.15, 0.2) is 0 Å². The molecule has 1 amide bonds. The van der Waals surface area contributed by atoms with Gasteiger partial charge in [0.05, 0.1) is 5.97 Å². The monoisotopic (exact) mass is 278 g/mol. The largest absolute Gasteiger partial charge is 1.00 e. The first-order valence-electron chi connectivity index (χ1n) is 4.55. The maximum Gasteiger partial charge on any atom is 1.00 e. The summed E-state index contributed by atoms with van der Waals surface area (Å²) in [4.78, 5) is 21.7. The second-order valence-electron chi connectivity index (χ2n) is 3.23. The van der Waals surface area contributed by atoms with Crippen LogP contribution in [0.3, 0.4) is 0 Å². The SMILES string of the molecule is C/C(=C/C(=O)Nc1ccc(N)cc1)C(=O)[O-].O.O.[Na+]. The minimum absolute atomic E-state index is 0. The number of nitrogens with one attached hydrogen (secondary N) is 1. The third-order valence-electron chi connectivity index (χ3n) is 1.85. The molecule has 1 rings (SSSR count). The average Bonchev–Trinajstić information content (AvgIpc) is 2.21. The second-order valence-corrected chi connectivity index (χ2v) is 3.23. The number of benzene rings is 1. The molecular weight excluding hydrogens is 263 g/mol. The Bertz CT molecular complexity index is 445. The van der Waals surface area contributed by atoms with Crippen molar-refractivity contribution >= 4 is 23.3 Å². The first kappa shape index (κ1) is 22.8. The molecule has 0 aliphatic rings. The van der Waals surface area contributed by atoms with Crippen LogP contribution in [0.15, 0.2) is 35.9 Å². The number of carboxylic acid groups (broad SMARTS) is 1. The molecule has 0 aliphatic heterocycles. The molecule has 0 heterocycles. The summed E-state index contributed by atoms with van der Waals surface area (Å²) in [7, 11) is 0. The van der Waals surface area contributed by atoms with Crippen LogP contribution in [0.1, 0.15) is 6.92 Å². The smallest absolute Gasteiger partial charge is 0.545 e. The number of carbonyl (C=O) groups excluding carboxylic acids is 2. The first-order chi connectivity index (χ1) is 7.49. The van der Waals surface area contributed by atoms with E-state index in [0.717, 1.165) is 6.08 Å². The van der Waals surface area contributed by atoms with Gasteiger partial charge in [0, 0.05) is 17.5 Å². The number of anilines is 2. The maximum atomic E-state index is 11.3. The Morgan fingerprint density at radius 1 is 1.21 bits per heavy atom. The normalized spacial score (nSPS) is 9.21. The van der Waals surface area contributed by atoms with Gasteiger partial charge in [0.1, 0.15) is 0 Å². The average molecular weight is 278 g/mol. The van der Waals surface area contributed by atoms with E-state index in [0.29, 0.717) is 11.4 Å². The molecule has 0 fully saturated rings. The van der Waals surface area contributed by atoms with E-state index in [1.807, 2.05) is 0 Å². The molecule has 1 aromatic carbocycles. The molecule has 0 aromatic heterocycles. The Balaban J connectivity index is -0.000000853. The van der Waals surface area contributed by atoms with Crippen LogP contribution in [0.4, 0.5) is 11.4 Å². The molecule has 0 radical (unpaired) electrons. The van der Waals surface area contributed by atoms with Gasteiger partial charge in [0.2, 0.25) is 5.91 Å². The fourth-order valence-corrected chi connectivity index (χ4v) is 1.00. The van der Waals surface area contributed by atoms with Crippen molar-refractivity contribution in [2.24, 2.45) is 0 Å². The molecule has 0 spiro atoms. The predicted molar refractivity (Wildman–Crippen MR) is 65.5 cm³/mol. The summed E-state index contributed by atoms with van der Waals surface area (Å²) in [5.41, 5.74) is 6.46. The van der Waals surface area contributed by atoms with Crippen LogP contribution in [0.5, 0.6) is 0 Å². The van der Waals surface area contributed by atoms with Crippen LogP contribution in [0.2, 0.25) is 0 Å². The molecule has 0 aliphatic carbocycles. The maximum absolute atomic E-state index is 11.3. The zero-order chi connectivity index (χ0) is 12.1. The number of aliphatic carboxylic acids is 1. The molecule has 8 heteroatoms. The molecule has 19 heavy (non-hydrogen) atoms. The molecule has 0 saturated carbocycles. The fraction of sp³-hybridized carbons (Fsp3) is 0.0909. The van der Waals surface area contributed by atoms with E-state index in [1.54, 1.807) is 24.3 Å². The summed E-state index contributed by atoms with van der Waals surface area (Å²) >= 11 is 0. The molecule has 0 bridgehead atoms. The number of amides is 1. The third kappa shape index (κ3) is 8.36. The van der Waals surface area contributed by atoms with E-state index in [2.05, 4.69) is 5.32 Å². The van der Waals surface area contributed by atoms with Gasteiger partial charge in [-0.05, 0) is 36.8 Å². The van der Waals surface area contributed by atoms with Gasteiger partial charge < -0.3 is 31.9 Å². The van der Waals surface area contributed by atoms with E-state index in [4.69, 9.17) is 5.73 Å². The molecule has 0 atom stereocenters. The Kier molecular flexibility index (Phi) is 12.6. The topological polar surface area (TPSA) is 158 Å². The number of nitrogens with two attached hydrogens (primary N) is 1. The summed E-state index contributed by atoms with van der Waals surface area (Å²) in [5.74, 6) is -1.89. The quantitative estimate of drug-likeness (QED) is 0.323. The van der Waals surface area contributed by atoms with Gasteiger partial charge in [-0.1, -0.05) is 0 Å². The van der Waals surface area contributed by atoms with Crippen molar-refractivity contribution in [3.63, 3.8) is 0 Å². The summed E-state index contributed by atoms with van der Waals surface area (Å²) < 4.78 is 0. The fourth-order valence-electron chi connectivity index (χ4n) is 1.00.